The molecular formula is C23H24N8O5. The summed E-state index contributed by atoms with van der Waals surface area (Å²) in [7, 11) is 1.41. The van der Waals surface area contributed by atoms with Crippen LogP contribution >= 0.6 is 0 Å². The van der Waals surface area contributed by atoms with E-state index >= 15 is 0 Å². The van der Waals surface area contributed by atoms with Gasteiger partial charge >= 0.3 is 5.97 Å². The minimum absolute atomic E-state index is 0.0943. The molecule has 1 atom stereocenters. The van der Waals surface area contributed by atoms with Crippen molar-refractivity contribution in [3.05, 3.63) is 54.2 Å². The Labute approximate surface area is 204 Å². The number of fused-ring (bicyclic) bond motifs is 1. The summed E-state index contributed by atoms with van der Waals surface area (Å²) in [4.78, 5) is 55.8. The fourth-order valence-corrected chi connectivity index (χ4v) is 3.72. The van der Waals surface area contributed by atoms with Gasteiger partial charge in [0.05, 0.1) is 24.4 Å². The molecule has 0 aliphatic heterocycles. The molecule has 13 heteroatoms. The summed E-state index contributed by atoms with van der Waals surface area (Å²) >= 11 is 0. The number of oxime groups is 1. The lowest BCUT2D eigenvalue weighted by Gasteiger charge is -2.15. The number of nitrogens with one attached hydrogen (secondary N) is 4. The Kier molecular flexibility index (Phi) is 7.09. The Morgan fingerprint density at radius 2 is 2.08 bits per heavy atom. The van der Waals surface area contributed by atoms with E-state index in [4.69, 9.17) is 0 Å². The molecule has 0 fully saturated rings. The topological polar surface area (TPSA) is 179 Å². The molecule has 0 radical (unpaired) electrons. The first kappa shape index (κ1) is 24.2. The molecular weight excluding hydrogens is 468 g/mol. The van der Waals surface area contributed by atoms with Crippen molar-refractivity contribution in [2.45, 2.75) is 25.9 Å². The van der Waals surface area contributed by atoms with Gasteiger partial charge in [0.15, 0.2) is 5.82 Å². The number of carboxylic acid groups (broad SMARTS) is 1. The van der Waals surface area contributed by atoms with E-state index < -0.39 is 17.9 Å². The van der Waals surface area contributed by atoms with Crippen molar-refractivity contribution >= 4 is 40.7 Å². The number of aliphatic carboxylic acids is 1. The molecule has 3 aromatic heterocycles. The van der Waals surface area contributed by atoms with Gasteiger partial charge in [-0.05, 0) is 11.6 Å². The highest BCUT2D eigenvalue weighted by molar-refractivity contribution is 5.92. The highest BCUT2D eigenvalue weighted by Crippen LogP contribution is 2.24. The smallest absolute Gasteiger partial charge is 0.326 e. The molecule has 4 rings (SSSR count). The second kappa shape index (κ2) is 10.5. The van der Waals surface area contributed by atoms with Gasteiger partial charge in [-0.25, -0.2) is 14.8 Å². The average molecular weight is 492 g/mol. The summed E-state index contributed by atoms with van der Waals surface area (Å²) < 4.78 is 1.40. The number of aromatic nitrogens is 5. The molecule has 0 aliphatic carbocycles. The molecule has 1 aromatic carbocycles. The van der Waals surface area contributed by atoms with Crippen LogP contribution in [0, 0.1) is 0 Å². The maximum Gasteiger partial charge on any atom is 0.326 e. The number of aromatic amines is 2. The number of para-hydroxylation sites is 1. The van der Waals surface area contributed by atoms with E-state index in [1.165, 1.54) is 37.3 Å². The van der Waals surface area contributed by atoms with Crippen LogP contribution in [0.4, 0.5) is 5.82 Å². The minimum Gasteiger partial charge on any atom is -0.480 e. The van der Waals surface area contributed by atoms with Crippen LogP contribution in [-0.4, -0.2) is 66.8 Å². The Bertz CT molecular complexity index is 1430. The third-order valence-electron chi connectivity index (χ3n) is 5.30. The normalized spacial score (nSPS) is 12.1. The van der Waals surface area contributed by atoms with Gasteiger partial charge in [0, 0.05) is 30.4 Å². The monoisotopic (exact) mass is 492 g/mol. The first-order valence-electron chi connectivity index (χ1n) is 10.9. The van der Waals surface area contributed by atoms with Crippen LogP contribution in [0.2, 0.25) is 0 Å². The highest BCUT2D eigenvalue weighted by Gasteiger charge is 2.24. The van der Waals surface area contributed by atoms with Gasteiger partial charge in [-0.2, -0.15) is 0 Å². The Morgan fingerprint density at radius 3 is 2.83 bits per heavy atom. The summed E-state index contributed by atoms with van der Waals surface area (Å²) in [6, 6.07) is 6.36. The van der Waals surface area contributed by atoms with Gasteiger partial charge in [-0.1, -0.05) is 23.4 Å². The molecule has 0 aliphatic rings. The molecule has 13 nitrogen and oxygen atoms in total. The maximum absolute atomic E-state index is 12.8. The number of hydrogen-bond acceptors (Lipinski definition) is 7. The zero-order valence-corrected chi connectivity index (χ0v) is 19.5. The molecule has 0 unspecified atom stereocenters. The van der Waals surface area contributed by atoms with Gasteiger partial charge in [0.2, 0.25) is 11.8 Å². The van der Waals surface area contributed by atoms with Crippen molar-refractivity contribution in [1.29, 1.82) is 0 Å². The third kappa shape index (κ3) is 5.41. The van der Waals surface area contributed by atoms with Crippen molar-refractivity contribution in [3.8, 4) is 11.5 Å². The predicted molar refractivity (Wildman–Crippen MR) is 130 cm³/mol. The van der Waals surface area contributed by atoms with Crippen LogP contribution in [0.5, 0.6) is 0 Å². The van der Waals surface area contributed by atoms with Gasteiger partial charge in [-0.3, -0.25) is 9.59 Å². The van der Waals surface area contributed by atoms with Crippen molar-refractivity contribution < 1.29 is 24.3 Å². The number of benzene rings is 1. The molecule has 0 bridgehead atoms. The number of nitrogens with zero attached hydrogens (tertiary/aromatic N) is 4. The number of carbonyl (C=O) groups excluding carboxylic acids is 2. The molecule has 5 N–H and O–H groups in total. The summed E-state index contributed by atoms with van der Waals surface area (Å²) in [6.07, 6.45) is 6.11. The average Bonchev–Trinajstić information content (AvgIpc) is 3.56. The summed E-state index contributed by atoms with van der Waals surface area (Å²) in [6.45, 7) is 1.04. The zero-order valence-electron chi connectivity index (χ0n) is 19.5. The molecule has 186 valence electrons. The van der Waals surface area contributed by atoms with Gasteiger partial charge in [0.25, 0.3) is 0 Å². The predicted octanol–water partition coefficient (Wildman–Crippen LogP) is 1.51. The third-order valence-corrected chi connectivity index (χ3v) is 5.30. The van der Waals surface area contributed by atoms with Crippen LogP contribution in [0.25, 0.3) is 22.4 Å². The van der Waals surface area contributed by atoms with E-state index in [1.807, 2.05) is 24.3 Å². The molecule has 36 heavy (non-hydrogen) atoms. The maximum atomic E-state index is 12.8. The summed E-state index contributed by atoms with van der Waals surface area (Å²) in [5.41, 5.74) is 2.48. The number of amides is 2. The van der Waals surface area contributed by atoms with Crippen LogP contribution in [0.1, 0.15) is 18.2 Å². The second-order valence-electron chi connectivity index (χ2n) is 7.88. The van der Waals surface area contributed by atoms with Crippen LogP contribution in [0.3, 0.4) is 0 Å². The molecule has 0 saturated carbocycles. The van der Waals surface area contributed by atoms with E-state index in [0.717, 1.165) is 16.5 Å². The Hall–Kier alpha value is -4.94. The Morgan fingerprint density at radius 1 is 1.28 bits per heavy atom. The molecule has 3 heterocycles. The molecule has 2 amide bonds. The van der Waals surface area contributed by atoms with Gasteiger partial charge in [0.1, 0.15) is 31.2 Å². The quantitative estimate of drug-likeness (QED) is 0.164. The fraction of sp³-hybridized carbons (Fsp3) is 0.217. The van der Waals surface area contributed by atoms with Crippen LogP contribution in [-0.2, 0) is 32.2 Å². The van der Waals surface area contributed by atoms with E-state index in [0.29, 0.717) is 17.2 Å². The first-order chi connectivity index (χ1) is 17.4. The van der Waals surface area contributed by atoms with Crippen LogP contribution in [0.15, 0.2) is 48.1 Å². The van der Waals surface area contributed by atoms with Gasteiger partial charge < -0.3 is 35.1 Å². The number of imidazole rings is 2. The van der Waals surface area contributed by atoms with Crippen molar-refractivity contribution in [2.75, 3.05) is 12.4 Å². The number of rotatable bonds is 10. The largest absolute Gasteiger partial charge is 0.480 e. The first-order valence-corrected chi connectivity index (χ1v) is 10.9. The lowest BCUT2D eigenvalue weighted by Crippen LogP contribution is -2.43. The summed E-state index contributed by atoms with van der Waals surface area (Å²) in [5.74, 6) is -1.55. The minimum atomic E-state index is -1.16. The standard InChI is InChI=1S/C23H24N8O5/c1-13(32)28-22-20(21-25-9-15(29-21)10-27-36-2)26-12-31(22)11-19(33)30-18(23(34)35)7-14-8-24-17-6-4-3-5-16(14)17/h3-6,8-10,12,18,24H,7,11H2,1-2H3,(H,25,29)(H,28,32)(H,30,33)(H,34,35)/b27-10-/t18-/m0/s1. The Balaban J connectivity index is 1.52. The van der Waals surface area contributed by atoms with Crippen molar-refractivity contribution in [3.63, 3.8) is 0 Å². The van der Waals surface area contributed by atoms with Crippen molar-refractivity contribution in [1.82, 2.24) is 29.8 Å². The van der Waals surface area contributed by atoms with Crippen molar-refractivity contribution in [2.24, 2.45) is 5.16 Å². The number of carboxylic acids is 1. The van der Waals surface area contributed by atoms with Gasteiger partial charge in [-0.15, -0.1) is 0 Å². The zero-order chi connectivity index (χ0) is 25.7. The van der Waals surface area contributed by atoms with E-state index in [2.05, 4.69) is 40.6 Å². The molecule has 4 aromatic rings. The van der Waals surface area contributed by atoms with E-state index in [-0.39, 0.29) is 24.7 Å². The SMILES string of the molecule is CO/N=C\c1cnc(-c2ncn(CC(=O)N[C@@H](Cc3c[nH]c4ccccc34)C(=O)O)c2NC(C)=O)[nH]1. The lowest BCUT2D eigenvalue weighted by molar-refractivity contribution is -0.141. The number of H-pyrrole nitrogens is 2. The molecule has 0 saturated heterocycles. The summed E-state index contributed by atoms with van der Waals surface area (Å²) in [5, 5.41) is 19.5. The van der Waals surface area contributed by atoms with E-state index in [1.54, 1.807) is 6.20 Å². The number of carbonyl (C=O) groups is 3. The van der Waals surface area contributed by atoms with E-state index in [9.17, 15) is 19.5 Å². The number of anilines is 1. The second-order valence-corrected chi connectivity index (χ2v) is 7.88. The lowest BCUT2D eigenvalue weighted by atomic mass is 10.0. The fourth-order valence-electron chi connectivity index (χ4n) is 3.72. The number of hydrogen-bond donors (Lipinski definition) is 5. The van der Waals surface area contributed by atoms with Crippen LogP contribution < -0.4 is 10.6 Å². The highest BCUT2D eigenvalue weighted by atomic mass is 16.6. The molecule has 0 spiro atoms.